The van der Waals surface area contributed by atoms with Crippen LogP contribution in [-0.4, -0.2) is 37.7 Å². The van der Waals surface area contributed by atoms with Crippen LogP contribution in [0.2, 0.25) is 0 Å². The lowest BCUT2D eigenvalue weighted by Crippen LogP contribution is -2.48. The molecule has 2 atom stereocenters. The van der Waals surface area contributed by atoms with E-state index in [0.29, 0.717) is 22.2 Å². The predicted molar refractivity (Wildman–Crippen MR) is 143 cm³/mol. The molecule has 0 unspecified atom stereocenters. The van der Waals surface area contributed by atoms with Gasteiger partial charge in [-0.1, -0.05) is 55.7 Å². The molecule has 2 amide bonds. The zero-order valence-electron chi connectivity index (χ0n) is 21.8. The van der Waals surface area contributed by atoms with Crippen LogP contribution in [0.5, 0.6) is 0 Å². The zero-order valence-corrected chi connectivity index (χ0v) is 21.8. The SMILES string of the molecule is C[C@H](C(=O)N(Cc1ccc(F)cc1)[C@@H](C(=O)NC1CCCCC1)c1ccc(F)cc1)n1nc2ccccc2n1. The second-order valence-corrected chi connectivity index (χ2v) is 10.1. The van der Waals surface area contributed by atoms with E-state index < -0.39 is 29.6 Å². The molecule has 1 saturated carbocycles. The second-order valence-electron chi connectivity index (χ2n) is 10.1. The fourth-order valence-corrected chi connectivity index (χ4v) is 5.12. The van der Waals surface area contributed by atoms with Crippen molar-refractivity contribution in [3.05, 3.63) is 95.6 Å². The number of amides is 2. The van der Waals surface area contributed by atoms with Gasteiger partial charge < -0.3 is 10.2 Å². The van der Waals surface area contributed by atoms with Gasteiger partial charge in [0.15, 0.2) is 0 Å². The van der Waals surface area contributed by atoms with Crippen LogP contribution in [0.1, 0.15) is 62.2 Å². The summed E-state index contributed by atoms with van der Waals surface area (Å²) in [7, 11) is 0. The molecular formula is C30H31F2N5O2. The summed E-state index contributed by atoms with van der Waals surface area (Å²) in [5, 5.41) is 12.1. The number of benzene rings is 3. The third kappa shape index (κ3) is 6.13. The maximum absolute atomic E-state index is 14.2. The summed E-state index contributed by atoms with van der Waals surface area (Å²) < 4.78 is 27.6. The van der Waals surface area contributed by atoms with Crippen molar-refractivity contribution in [3.63, 3.8) is 0 Å². The Labute approximate surface area is 225 Å². The number of hydrogen-bond acceptors (Lipinski definition) is 4. The van der Waals surface area contributed by atoms with Gasteiger partial charge in [-0.25, -0.2) is 8.78 Å². The summed E-state index contributed by atoms with van der Waals surface area (Å²) in [5.41, 5.74) is 2.42. The molecule has 1 N–H and O–H groups in total. The molecule has 7 nitrogen and oxygen atoms in total. The topological polar surface area (TPSA) is 80.1 Å². The molecule has 1 aliphatic carbocycles. The highest BCUT2D eigenvalue weighted by Gasteiger charge is 2.36. The number of carbonyl (C=O) groups excluding carboxylic acids is 2. The summed E-state index contributed by atoms with van der Waals surface area (Å²) in [4.78, 5) is 30.9. The van der Waals surface area contributed by atoms with Crippen LogP contribution in [0.15, 0.2) is 72.8 Å². The van der Waals surface area contributed by atoms with E-state index >= 15 is 0 Å². The normalized spacial score (nSPS) is 15.6. The molecule has 0 saturated heterocycles. The van der Waals surface area contributed by atoms with E-state index in [4.69, 9.17) is 0 Å². The molecule has 9 heteroatoms. The molecule has 39 heavy (non-hydrogen) atoms. The van der Waals surface area contributed by atoms with Crippen molar-refractivity contribution < 1.29 is 18.4 Å². The number of rotatable bonds is 8. The minimum atomic E-state index is -1.04. The van der Waals surface area contributed by atoms with Crippen molar-refractivity contribution >= 4 is 22.8 Å². The molecule has 5 rings (SSSR count). The van der Waals surface area contributed by atoms with Crippen LogP contribution < -0.4 is 5.32 Å². The lowest BCUT2D eigenvalue weighted by molar-refractivity contribution is -0.144. The quantitative estimate of drug-likeness (QED) is 0.326. The number of nitrogens with zero attached hydrogens (tertiary/aromatic N) is 4. The highest BCUT2D eigenvalue weighted by Crippen LogP contribution is 2.28. The van der Waals surface area contributed by atoms with Crippen molar-refractivity contribution in [2.24, 2.45) is 0 Å². The molecule has 4 aromatic rings. The molecule has 0 bridgehead atoms. The van der Waals surface area contributed by atoms with Crippen molar-refractivity contribution in [3.8, 4) is 0 Å². The Kier molecular flexibility index (Phi) is 7.95. The number of hydrogen-bond donors (Lipinski definition) is 1. The van der Waals surface area contributed by atoms with Crippen molar-refractivity contribution in [2.45, 2.75) is 63.7 Å². The fourth-order valence-electron chi connectivity index (χ4n) is 5.12. The van der Waals surface area contributed by atoms with Gasteiger partial charge in [0.2, 0.25) is 11.8 Å². The lowest BCUT2D eigenvalue weighted by atomic mass is 9.94. The van der Waals surface area contributed by atoms with Gasteiger partial charge in [-0.2, -0.15) is 15.0 Å². The summed E-state index contributed by atoms with van der Waals surface area (Å²) in [6.45, 7) is 1.71. The Morgan fingerprint density at radius 2 is 1.46 bits per heavy atom. The fraction of sp³-hybridized carbons (Fsp3) is 0.333. The van der Waals surface area contributed by atoms with Crippen LogP contribution in [0.4, 0.5) is 8.78 Å². The Balaban J connectivity index is 1.53. The van der Waals surface area contributed by atoms with Gasteiger partial charge in [0.1, 0.15) is 34.8 Å². The van der Waals surface area contributed by atoms with Gasteiger partial charge in [0, 0.05) is 12.6 Å². The van der Waals surface area contributed by atoms with Crippen molar-refractivity contribution in [2.75, 3.05) is 0 Å². The predicted octanol–water partition coefficient (Wildman–Crippen LogP) is 5.49. The van der Waals surface area contributed by atoms with Gasteiger partial charge in [-0.3, -0.25) is 9.59 Å². The van der Waals surface area contributed by atoms with Crippen molar-refractivity contribution in [1.82, 2.24) is 25.2 Å². The molecule has 1 fully saturated rings. The number of halogens is 2. The molecule has 0 spiro atoms. The molecule has 202 valence electrons. The lowest BCUT2D eigenvalue weighted by Gasteiger charge is -2.34. The molecule has 1 aliphatic rings. The third-order valence-corrected chi connectivity index (χ3v) is 7.25. The van der Waals surface area contributed by atoms with Gasteiger partial charge in [-0.05, 0) is 67.3 Å². The van der Waals surface area contributed by atoms with E-state index in [9.17, 15) is 18.4 Å². The van der Waals surface area contributed by atoms with E-state index in [2.05, 4.69) is 15.5 Å². The maximum atomic E-state index is 14.2. The number of nitrogens with one attached hydrogen (secondary N) is 1. The Hall–Kier alpha value is -4.14. The molecule has 1 aromatic heterocycles. The molecule has 0 radical (unpaired) electrons. The van der Waals surface area contributed by atoms with Crippen molar-refractivity contribution in [1.29, 1.82) is 0 Å². The minimum absolute atomic E-state index is 0.00692. The van der Waals surface area contributed by atoms with Crippen LogP contribution >= 0.6 is 0 Å². The summed E-state index contributed by atoms with van der Waals surface area (Å²) in [6, 6.07) is 16.8. The average molecular weight is 532 g/mol. The minimum Gasteiger partial charge on any atom is -0.351 e. The van der Waals surface area contributed by atoms with E-state index in [1.54, 1.807) is 19.1 Å². The largest absolute Gasteiger partial charge is 0.351 e. The highest BCUT2D eigenvalue weighted by molar-refractivity contribution is 5.90. The smallest absolute Gasteiger partial charge is 0.250 e. The van der Waals surface area contributed by atoms with Crippen LogP contribution in [0, 0.1) is 11.6 Å². The van der Waals surface area contributed by atoms with E-state index in [1.807, 2.05) is 24.3 Å². The summed E-state index contributed by atoms with van der Waals surface area (Å²) in [6.07, 6.45) is 4.92. The molecule has 0 aliphatic heterocycles. The third-order valence-electron chi connectivity index (χ3n) is 7.25. The monoisotopic (exact) mass is 531 g/mol. The Morgan fingerprint density at radius 3 is 2.05 bits per heavy atom. The van der Waals surface area contributed by atoms with Gasteiger partial charge in [0.25, 0.3) is 0 Å². The zero-order chi connectivity index (χ0) is 27.4. The first-order valence-electron chi connectivity index (χ1n) is 13.3. The van der Waals surface area contributed by atoms with Gasteiger partial charge in [0.05, 0.1) is 0 Å². The van der Waals surface area contributed by atoms with Crippen LogP contribution in [0.3, 0.4) is 0 Å². The van der Waals surface area contributed by atoms with Crippen LogP contribution in [-0.2, 0) is 16.1 Å². The van der Waals surface area contributed by atoms with Gasteiger partial charge in [-0.15, -0.1) is 0 Å². The summed E-state index contributed by atoms with van der Waals surface area (Å²) >= 11 is 0. The maximum Gasteiger partial charge on any atom is 0.250 e. The number of aromatic nitrogens is 3. The van der Waals surface area contributed by atoms with E-state index in [1.165, 1.54) is 46.1 Å². The van der Waals surface area contributed by atoms with E-state index in [0.717, 1.165) is 32.1 Å². The first-order chi connectivity index (χ1) is 18.9. The standard InChI is InChI=1S/C30H31F2N5O2/c1-20(37-34-26-9-5-6-10-27(26)35-37)30(39)36(19-21-11-15-23(31)16-12-21)28(22-13-17-24(32)18-14-22)29(38)33-25-7-3-2-4-8-25/h5-6,9-18,20,25,28H,2-4,7-8,19H2,1H3,(H,33,38)/t20-,28-/m1/s1. The van der Waals surface area contributed by atoms with Crippen LogP contribution in [0.25, 0.3) is 11.0 Å². The van der Waals surface area contributed by atoms with E-state index in [-0.39, 0.29) is 18.5 Å². The number of carbonyl (C=O) groups is 2. The number of fused-ring (bicyclic) bond motifs is 1. The second kappa shape index (κ2) is 11.7. The average Bonchev–Trinajstić information content (AvgIpc) is 3.39. The highest BCUT2D eigenvalue weighted by atomic mass is 19.1. The molecule has 3 aromatic carbocycles. The molecule has 1 heterocycles. The first-order valence-corrected chi connectivity index (χ1v) is 13.3. The van der Waals surface area contributed by atoms with Gasteiger partial charge >= 0.3 is 0 Å². The Morgan fingerprint density at radius 1 is 0.897 bits per heavy atom. The molecular weight excluding hydrogens is 500 g/mol. The summed E-state index contributed by atoms with van der Waals surface area (Å²) in [5.74, 6) is -1.58. The Bertz CT molecular complexity index is 1400. The first kappa shape index (κ1) is 26.5.